The van der Waals surface area contributed by atoms with Crippen LogP contribution in [0, 0.1) is 0 Å². The monoisotopic (exact) mass is 388 g/mol. The third-order valence-electron chi connectivity index (χ3n) is 3.31. The van der Waals surface area contributed by atoms with E-state index in [1.165, 1.54) is 10.6 Å². The molecule has 122 valence electrons. The van der Waals surface area contributed by atoms with Crippen LogP contribution in [-0.4, -0.2) is 32.1 Å². The zero-order valence-electron chi connectivity index (χ0n) is 12.8. The van der Waals surface area contributed by atoms with E-state index in [4.69, 9.17) is 4.74 Å². The number of hydrogen-bond donors (Lipinski definition) is 0. The summed E-state index contributed by atoms with van der Waals surface area (Å²) < 4.78 is 7.10. The number of fused-ring (bicyclic) bond motifs is 1. The summed E-state index contributed by atoms with van der Waals surface area (Å²) in [6.07, 6.45) is 4.78. The molecule has 3 heterocycles. The third-order valence-corrected chi connectivity index (χ3v) is 3.74. The van der Waals surface area contributed by atoms with Gasteiger partial charge in [0, 0.05) is 28.4 Å². The maximum atomic E-state index is 12.7. The number of nitrogens with zero attached hydrogens (tertiary/aromatic N) is 4. The number of halogens is 1. The molecule has 0 bridgehead atoms. The van der Waals surface area contributed by atoms with Crippen molar-refractivity contribution in [1.82, 2.24) is 19.5 Å². The van der Waals surface area contributed by atoms with Gasteiger partial charge in [0.2, 0.25) is 0 Å². The Hall–Kier alpha value is -2.61. The van der Waals surface area contributed by atoms with Gasteiger partial charge >= 0.3 is 5.97 Å². The number of ether oxygens (including phenoxy) is 1. The van der Waals surface area contributed by atoms with E-state index in [9.17, 15) is 9.59 Å². The SMILES string of the molecule is CCOC(=O)c1cc2cc(Br)cnc2n(Cc2ncccn2)c1=O. The zero-order chi connectivity index (χ0) is 17.1. The number of esters is 1. The molecule has 0 N–H and O–H groups in total. The summed E-state index contributed by atoms with van der Waals surface area (Å²) in [6.45, 7) is 1.99. The molecule has 0 spiro atoms. The smallest absolute Gasteiger partial charge is 0.343 e. The number of rotatable bonds is 4. The Labute approximate surface area is 145 Å². The van der Waals surface area contributed by atoms with Gasteiger partial charge in [-0.05, 0) is 41.1 Å². The molecule has 8 heteroatoms. The number of aromatic nitrogens is 4. The first-order chi connectivity index (χ1) is 11.6. The average Bonchev–Trinajstić information content (AvgIpc) is 2.58. The van der Waals surface area contributed by atoms with Crippen molar-refractivity contribution in [2.45, 2.75) is 13.5 Å². The Morgan fingerprint density at radius 1 is 1.25 bits per heavy atom. The van der Waals surface area contributed by atoms with Crippen LogP contribution in [0.2, 0.25) is 0 Å². The summed E-state index contributed by atoms with van der Waals surface area (Å²) in [5.74, 6) is -0.210. The maximum Gasteiger partial charge on any atom is 0.343 e. The Bertz CT molecular complexity index is 957. The Balaban J connectivity index is 2.22. The van der Waals surface area contributed by atoms with Crippen LogP contribution in [0.4, 0.5) is 0 Å². The second-order valence-electron chi connectivity index (χ2n) is 4.90. The third kappa shape index (κ3) is 3.18. The molecule has 3 aromatic rings. The first-order valence-electron chi connectivity index (χ1n) is 7.22. The number of hydrogen-bond acceptors (Lipinski definition) is 6. The van der Waals surface area contributed by atoms with Crippen molar-refractivity contribution in [1.29, 1.82) is 0 Å². The van der Waals surface area contributed by atoms with E-state index in [1.807, 2.05) is 0 Å². The van der Waals surface area contributed by atoms with E-state index >= 15 is 0 Å². The highest BCUT2D eigenvalue weighted by Crippen LogP contribution is 2.18. The van der Waals surface area contributed by atoms with Gasteiger partial charge in [-0.15, -0.1) is 0 Å². The largest absolute Gasteiger partial charge is 0.462 e. The van der Waals surface area contributed by atoms with Crippen molar-refractivity contribution < 1.29 is 9.53 Å². The van der Waals surface area contributed by atoms with Gasteiger partial charge in [0.25, 0.3) is 5.56 Å². The fourth-order valence-corrected chi connectivity index (χ4v) is 2.64. The van der Waals surface area contributed by atoms with E-state index in [1.54, 1.807) is 37.6 Å². The van der Waals surface area contributed by atoms with Crippen molar-refractivity contribution >= 4 is 32.9 Å². The minimum atomic E-state index is -0.660. The molecule has 0 radical (unpaired) electrons. The van der Waals surface area contributed by atoms with E-state index in [0.717, 1.165) is 4.47 Å². The number of pyridine rings is 2. The van der Waals surface area contributed by atoms with Crippen molar-refractivity contribution in [3.63, 3.8) is 0 Å². The topological polar surface area (TPSA) is 87.0 Å². The maximum absolute atomic E-state index is 12.7. The van der Waals surface area contributed by atoms with E-state index in [-0.39, 0.29) is 18.7 Å². The summed E-state index contributed by atoms with van der Waals surface area (Å²) in [5, 5.41) is 0.642. The first-order valence-corrected chi connectivity index (χ1v) is 8.01. The van der Waals surface area contributed by atoms with Crippen LogP contribution in [0.5, 0.6) is 0 Å². The van der Waals surface area contributed by atoms with Gasteiger partial charge in [0.05, 0.1) is 13.2 Å². The second kappa shape index (κ2) is 6.88. The molecule has 0 fully saturated rings. The molecule has 0 aliphatic heterocycles. The molecule has 0 amide bonds. The molecule has 24 heavy (non-hydrogen) atoms. The normalized spacial score (nSPS) is 10.8. The van der Waals surface area contributed by atoms with Gasteiger partial charge in [-0.2, -0.15) is 0 Å². The second-order valence-corrected chi connectivity index (χ2v) is 5.82. The van der Waals surface area contributed by atoms with Crippen molar-refractivity contribution in [2.24, 2.45) is 0 Å². The van der Waals surface area contributed by atoms with Gasteiger partial charge < -0.3 is 4.74 Å². The van der Waals surface area contributed by atoms with Gasteiger partial charge in [0.15, 0.2) is 0 Å². The first kappa shape index (κ1) is 16.3. The van der Waals surface area contributed by atoms with Gasteiger partial charge in [-0.3, -0.25) is 9.36 Å². The van der Waals surface area contributed by atoms with E-state index < -0.39 is 11.5 Å². The Morgan fingerprint density at radius 3 is 2.71 bits per heavy atom. The Morgan fingerprint density at radius 2 is 2.00 bits per heavy atom. The highest BCUT2D eigenvalue weighted by atomic mass is 79.9. The fraction of sp³-hybridized carbons (Fsp3) is 0.188. The molecule has 3 aromatic heterocycles. The highest BCUT2D eigenvalue weighted by molar-refractivity contribution is 9.10. The van der Waals surface area contributed by atoms with E-state index in [2.05, 4.69) is 30.9 Å². The molecule has 0 atom stereocenters. The van der Waals surface area contributed by atoms with Crippen LogP contribution >= 0.6 is 15.9 Å². The molecule has 0 aliphatic rings. The molecular weight excluding hydrogens is 376 g/mol. The molecule has 3 rings (SSSR count). The summed E-state index contributed by atoms with van der Waals surface area (Å²) in [7, 11) is 0. The van der Waals surface area contributed by atoms with Gasteiger partial charge in [-0.25, -0.2) is 19.7 Å². The van der Waals surface area contributed by atoms with E-state index in [0.29, 0.717) is 16.9 Å². The van der Waals surface area contributed by atoms with Gasteiger partial charge in [0.1, 0.15) is 17.0 Å². The molecule has 0 saturated heterocycles. The summed E-state index contributed by atoms with van der Waals surface area (Å²) in [5.41, 5.74) is -0.0768. The molecule has 0 saturated carbocycles. The lowest BCUT2D eigenvalue weighted by Gasteiger charge is -2.11. The summed E-state index contributed by atoms with van der Waals surface area (Å²) >= 11 is 3.34. The van der Waals surface area contributed by atoms with Gasteiger partial charge in [-0.1, -0.05) is 0 Å². The van der Waals surface area contributed by atoms with Crippen LogP contribution in [0.25, 0.3) is 11.0 Å². The highest BCUT2D eigenvalue weighted by Gasteiger charge is 2.18. The van der Waals surface area contributed by atoms with Crippen molar-refractivity contribution in [3.05, 3.63) is 63.0 Å². The molecule has 0 unspecified atom stereocenters. The van der Waals surface area contributed by atoms with Crippen LogP contribution in [0.1, 0.15) is 23.1 Å². The van der Waals surface area contributed by atoms with Crippen LogP contribution in [0.3, 0.4) is 0 Å². The fourth-order valence-electron chi connectivity index (χ4n) is 2.29. The quantitative estimate of drug-likeness (QED) is 0.636. The van der Waals surface area contributed by atoms with Crippen molar-refractivity contribution in [3.8, 4) is 0 Å². The lowest BCUT2D eigenvalue weighted by atomic mass is 10.2. The summed E-state index contributed by atoms with van der Waals surface area (Å²) in [6, 6.07) is 4.97. The van der Waals surface area contributed by atoms with Crippen LogP contribution in [-0.2, 0) is 11.3 Å². The van der Waals surface area contributed by atoms with Crippen LogP contribution in [0.15, 0.2) is 46.1 Å². The number of carbonyl (C=O) groups is 1. The zero-order valence-corrected chi connectivity index (χ0v) is 14.4. The predicted octanol–water partition coefficient (Wildman–Crippen LogP) is 2.17. The molecule has 0 aromatic carbocycles. The average molecular weight is 389 g/mol. The van der Waals surface area contributed by atoms with Crippen LogP contribution < -0.4 is 5.56 Å². The lowest BCUT2D eigenvalue weighted by molar-refractivity contribution is 0.0524. The van der Waals surface area contributed by atoms with Crippen molar-refractivity contribution in [2.75, 3.05) is 6.61 Å². The number of carbonyl (C=O) groups excluding carboxylic acids is 1. The summed E-state index contributed by atoms with van der Waals surface area (Å²) in [4.78, 5) is 37.4. The molecular formula is C16H13BrN4O3. The minimum absolute atomic E-state index is 0.0415. The molecule has 0 aliphatic carbocycles. The standard InChI is InChI=1S/C16H13BrN4O3/c1-2-24-16(23)12-7-10-6-11(17)8-20-14(10)21(15(12)22)9-13-18-4-3-5-19-13/h3-8H,2,9H2,1H3. The lowest BCUT2D eigenvalue weighted by Crippen LogP contribution is -2.29. The Kier molecular flexibility index (Phi) is 4.66. The minimum Gasteiger partial charge on any atom is -0.462 e. The molecule has 7 nitrogen and oxygen atoms in total. The predicted molar refractivity (Wildman–Crippen MR) is 90.8 cm³/mol.